The first-order valence-electron chi connectivity index (χ1n) is 5.66. The van der Waals surface area contributed by atoms with Gasteiger partial charge < -0.3 is 19.1 Å². The fourth-order valence-electron chi connectivity index (χ4n) is 2.01. The Labute approximate surface area is 102 Å². The zero-order chi connectivity index (χ0) is 12.5. The Morgan fingerprint density at radius 1 is 1.39 bits per heavy atom. The van der Waals surface area contributed by atoms with Gasteiger partial charge in [-0.05, 0) is 6.07 Å². The van der Waals surface area contributed by atoms with Crippen LogP contribution in [0.2, 0.25) is 0 Å². The molecule has 1 aliphatic rings. The molecule has 1 saturated heterocycles. The van der Waals surface area contributed by atoms with Crippen LogP contribution in [-0.2, 0) is 16.0 Å². The quantitative estimate of drug-likeness (QED) is 0.836. The lowest BCUT2D eigenvalue weighted by Crippen LogP contribution is -2.27. The zero-order valence-corrected chi connectivity index (χ0v) is 9.57. The van der Waals surface area contributed by atoms with E-state index >= 15 is 0 Å². The topological polar surface area (TPSA) is 73.6 Å². The summed E-state index contributed by atoms with van der Waals surface area (Å²) in [4.78, 5) is 15.9. The summed E-state index contributed by atoms with van der Waals surface area (Å²) < 4.78 is 12.2. The largest absolute Gasteiger partial charge is 0.506 e. The normalized spacial score (nSPS) is 16.4. The molecule has 3 rings (SSSR count). The highest BCUT2D eigenvalue weighted by Gasteiger charge is 2.18. The Balaban J connectivity index is 2.10. The molecule has 0 atom stereocenters. The number of aromatic hydroxyl groups is 1. The number of hydrogen-bond acceptors (Lipinski definition) is 5. The van der Waals surface area contributed by atoms with E-state index in [9.17, 15) is 9.90 Å². The van der Waals surface area contributed by atoms with Gasteiger partial charge in [0.2, 0.25) is 0 Å². The van der Waals surface area contributed by atoms with E-state index in [1.54, 1.807) is 6.07 Å². The van der Waals surface area contributed by atoms with Crippen molar-refractivity contribution in [3.05, 3.63) is 34.7 Å². The highest BCUT2D eigenvalue weighted by Crippen LogP contribution is 2.16. The van der Waals surface area contributed by atoms with Crippen LogP contribution in [0.1, 0.15) is 0 Å². The van der Waals surface area contributed by atoms with Crippen molar-refractivity contribution in [1.29, 1.82) is 0 Å². The minimum Gasteiger partial charge on any atom is -0.506 e. The van der Waals surface area contributed by atoms with E-state index in [-0.39, 0.29) is 11.3 Å². The van der Waals surface area contributed by atoms with Crippen molar-refractivity contribution in [2.24, 2.45) is 0 Å². The Kier molecular flexibility index (Phi) is 2.73. The molecule has 6 nitrogen and oxygen atoms in total. The van der Waals surface area contributed by atoms with Gasteiger partial charge in [-0.25, -0.2) is 0 Å². The van der Waals surface area contributed by atoms with Gasteiger partial charge in [-0.3, -0.25) is 9.78 Å². The number of pyridine rings is 2. The van der Waals surface area contributed by atoms with Crippen LogP contribution >= 0.6 is 0 Å². The van der Waals surface area contributed by atoms with Crippen LogP contribution in [0, 0.1) is 0 Å². The Bertz CT molecular complexity index is 632. The van der Waals surface area contributed by atoms with Gasteiger partial charge in [0.25, 0.3) is 5.56 Å². The molecule has 0 bridgehead atoms. The Hall–Kier alpha value is -1.92. The molecular weight excluding hydrogens is 236 g/mol. The molecule has 0 aromatic carbocycles. The lowest BCUT2D eigenvalue weighted by Gasteiger charge is -2.13. The average molecular weight is 248 g/mol. The minimum absolute atomic E-state index is 0.0232. The summed E-state index contributed by atoms with van der Waals surface area (Å²) >= 11 is 0. The molecule has 0 amide bonds. The van der Waals surface area contributed by atoms with E-state index in [1.165, 1.54) is 22.9 Å². The van der Waals surface area contributed by atoms with Crippen LogP contribution in [-0.4, -0.2) is 34.2 Å². The first kappa shape index (κ1) is 11.2. The van der Waals surface area contributed by atoms with E-state index in [4.69, 9.17) is 9.47 Å². The monoisotopic (exact) mass is 248 g/mol. The van der Waals surface area contributed by atoms with E-state index in [2.05, 4.69) is 4.98 Å². The van der Waals surface area contributed by atoms with Crippen LogP contribution in [0.4, 0.5) is 0 Å². The van der Waals surface area contributed by atoms with Crippen LogP contribution in [0.15, 0.2) is 29.2 Å². The molecule has 0 unspecified atom stereocenters. The number of nitrogens with zero attached hydrogens (tertiary/aromatic N) is 2. The summed E-state index contributed by atoms with van der Waals surface area (Å²) in [6, 6.07) is 4.59. The van der Waals surface area contributed by atoms with Crippen LogP contribution in [0.25, 0.3) is 11.0 Å². The number of ether oxygens (including phenoxy) is 2. The van der Waals surface area contributed by atoms with Gasteiger partial charge in [-0.1, -0.05) is 0 Å². The fourth-order valence-corrected chi connectivity index (χ4v) is 2.01. The highest BCUT2D eigenvalue weighted by atomic mass is 16.7. The molecule has 0 radical (unpaired) electrons. The second-order valence-electron chi connectivity index (χ2n) is 4.05. The summed E-state index contributed by atoms with van der Waals surface area (Å²) in [5.41, 5.74) is 1.04. The molecule has 1 fully saturated rings. The van der Waals surface area contributed by atoms with Crippen LogP contribution < -0.4 is 5.56 Å². The predicted octanol–water partition coefficient (Wildman–Crippen LogP) is 0.475. The van der Waals surface area contributed by atoms with E-state index in [1.807, 2.05) is 0 Å². The van der Waals surface area contributed by atoms with Gasteiger partial charge in [0.1, 0.15) is 5.75 Å². The predicted molar refractivity (Wildman–Crippen MR) is 63.4 cm³/mol. The number of hydrogen-bond donors (Lipinski definition) is 1. The molecule has 18 heavy (non-hydrogen) atoms. The van der Waals surface area contributed by atoms with Crippen molar-refractivity contribution in [1.82, 2.24) is 9.55 Å². The smallest absolute Gasteiger partial charge is 0.251 e. The van der Waals surface area contributed by atoms with Gasteiger partial charge in [0.05, 0.1) is 37.0 Å². The lowest BCUT2D eigenvalue weighted by molar-refractivity contribution is -0.0522. The third-order valence-electron chi connectivity index (χ3n) is 2.85. The third-order valence-corrected chi connectivity index (χ3v) is 2.85. The van der Waals surface area contributed by atoms with Crippen molar-refractivity contribution < 1.29 is 14.6 Å². The number of aromatic nitrogens is 2. The molecule has 3 heterocycles. The first-order chi connectivity index (χ1) is 8.74. The SMILES string of the molecule is O=c1ccc2ncc(O)cc2n1CC1OCCO1. The number of fused-ring (bicyclic) bond motifs is 1. The van der Waals surface area contributed by atoms with Gasteiger partial charge in [0, 0.05) is 12.1 Å². The van der Waals surface area contributed by atoms with Crippen LogP contribution in [0.3, 0.4) is 0 Å². The van der Waals surface area contributed by atoms with Crippen LogP contribution in [0.5, 0.6) is 5.75 Å². The first-order valence-corrected chi connectivity index (χ1v) is 5.66. The molecular formula is C12H12N2O4. The third kappa shape index (κ3) is 1.96. The van der Waals surface area contributed by atoms with Gasteiger partial charge in [-0.2, -0.15) is 0 Å². The second-order valence-corrected chi connectivity index (χ2v) is 4.05. The zero-order valence-electron chi connectivity index (χ0n) is 9.57. The number of rotatable bonds is 2. The highest BCUT2D eigenvalue weighted by molar-refractivity contribution is 5.75. The molecule has 1 aliphatic heterocycles. The average Bonchev–Trinajstić information content (AvgIpc) is 2.86. The molecule has 94 valence electrons. The van der Waals surface area contributed by atoms with E-state index in [0.29, 0.717) is 30.8 Å². The molecule has 6 heteroatoms. The maximum atomic E-state index is 11.9. The molecule has 0 saturated carbocycles. The van der Waals surface area contributed by atoms with Crippen molar-refractivity contribution in [3.8, 4) is 5.75 Å². The van der Waals surface area contributed by atoms with Gasteiger partial charge in [0.15, 0.2) is 6.29 Å². The Morgan fingerprint density at radius 3 is 2.94 bits per heavy atom. The molecule has 0 spiro atoms. The standard InChI is InChI=1S/C12H12N2O4/c15-8-5-10-9(13-6-8)1-2-11(16)14(10)7-12-17-3-4-18-12/h1-2,5-6,12,15H,3-4,7H2. The van der Waals surface area contributed by atoms with Crippen molar-refractivity contribution in [2.45, 2.75) is 12.8 Å². The summed E-state index contributed by atoms with van der Waals surface area (Å²) in [5, 5.41) is 9.47. The molecule has 1 N–H and O–H groups in total. The fraction of sp³-hybridized carbons (Fsp3) is 0.333. The van der Waals surface area contributed by atoms with Crippen molar-refractivity contribution in [2.75, 3.05) is 13.2 Å². The summed E-state index contributed by atoms with van der Waals surface area (Å²) in [5.74, 6) is 0.0232. The molecule has 0 aliphatic carbocycles. The van der Waals surface area contributed by atoms with E-state index < -0.39 is 6.29 Å². The summed E-state index contributed by atoms with van der Waals surface area (Å²) in [7, 11) is 0. The molecule has 2 aromatic heterocycles. The van der Waals surface area contributed by atoms with Crippen molar-refractivity contribution >= 4 is 11.0 Å². The maximum Gasteiger partial charge on any atom is 0.251 e. The summed E-state index contributed by atoms with van der Waals surface area (Å²) in [6.07, 6.45) is 0.926. The molecule has 2 aromatic rings. The van der Waals surface area contributed by atoms with E-state index in [0.717, 1.165) is 0 Å². The van der Waals surface area contributed by atoms with Crippen molar-refractivity contribution in [3.63, 3.8) is 0 Å². The van der Waals surface area contributed by atoms with Gasteiger partial charge in [-0.15, -0.1) is 0 Å². The maximum absolute atomic E-state index is 11.9. The Morgan fingerprint density at radius 2 is 2.17 bits per heavy atom. The second kappa shape index (κ2) is 4.40. The lowest BCUT2D eigenvalue weighted by atomic mass is 10.3. The minimum atomic E-state index is -0.421. The summed E-state index contributed by atoms with van der Waals surface area (Å²) in [6.45, 7) is 1.36. The van der Waals surface area contributed by atoms with Gasteiger partial charge >= 0.3 is 0 Å².